The lowest BCUT2D eigenvalue weighted by Crippen LogP contribution is -2.13. The Morgan fingerprint density at radius 2 is 0.731 bits per heavy atom. The molecule has 0 aliphatic rings. The van der Waals surface area contributed by atoms with Gasteiger partial charge in [-0.25, -0.2) is 0 Å². The lowest BCUT2D eigenvalue weighted by molar-refractivity contribution is 0.669. The lowest BCUT2D eigenvalue weighted by Gasteiger charge is -2.30. The summed E-state index contributed by atoms with van der Waals surface area (Å²) in [6.45, 7) is 0. The first-order valence-corrected chi connectivity index (χ1v) is 18.2. The van der Waals surface area contributed by atoms with Crippen molar-refractivity contribution in [3.05, 3.63) is 205 Å². The Kier molecular flexibility index (Phi) is 8.36. The Morgan fingerprint density at radius 3 is 1.31 bits per heavy atom. The predicted molar refractivity (Wildman–Crippen MR) is 222 cm³/mol. The molecule has 248 valence electrons. The third-order valence-corrected chi connectivity index (χ3v) is 9.94. The molecular formula is C48H33BrN2O. The van der Waals surface area contributed by atoms with E-state index >= 15 is 0 Å². The molecule has 0 aliphatic heterocycles. The summed E-state index contributed by atoms with van der Waals surface area (Å²) >= 11 is 3.92. The normalized spacial score (nSPS) is 11.2. The van der Waals surface area contributed by atoms with Crippen LogP contribution in [-0.2, 0) is 0 Å². The number of hydrogen-bond donors (Lipinski definition) is 0. The molecule has 8 aromatic carbocycles. The molecule has 0 saturated heterocycles. The van der Waals surface area contributed by atoms with E-state index in [2.05, 4.69) is 214 Å². The van der Waals surface area contributed by atoms with Gasteiger partial charge in [0.2, 0.25) is 0 Å². The molecule has 1 aromatic heterocycles. The summed E-state index contributed by atoms with van der Waals surface area (Å²) in [7, 11) is 0. The van der Waals surface area contributed by atoms with E-state index in [0.29, 0.717) is 0 Å². The molecule has 1 heterocycles. The van der Waals surface area contributed by atoms with Crippen LogP contribution in [0.15, 0.2) is 209 Å². The third-order valence-electron chi connectivity index (χ3n) is 9.48. The van der Waals surface area contributed by atoms with E-state index in [1.807, 2.05) is 12.1 Å². The van der Waals surface area contributed by atoms with E-state index < -0.39 is 0 Å². The van der Waals surface area contributed by atoms with Gasteiger partial charge in [-0.2, -0.15) is 0 Å². The summed E-state index contributed by atoms with van der Waals surface area (Å²) in [5.41, 5.74) is 12.8. The first kappa shape index (κ1) is 31.6. The average Bonchev–Trinajstić information content (AvgIpc) is 3.58. The largest absolute Gasteiger partial charge is 0.456 e. The van der Waals surface area contributed by atoms with Crippen LogP contribution in [0.1, 0.15) is 0 Å². The van der Waals surface area contributed by atoms with Crippen molar-refractivity contribution >= 4 is 72.0 Å². The molecule has 0 fully saturated rings. The molecule has 0 spiro atoms. The van der Waals surface area contributed by atoms with E-state index in [1.165, 1.54) is 22.3 Å². The number of rotatable bonds is 8. The highest BCUT2D eigenvalue weighted by molar-refractivity contribution is 9.10. The van der Waals surface area contributed by atoms with E-state index in [4.69, 9.17) is 4.42 Å². The molecule has 0 saturated carbocycles. The predicted octanol–water partition coefficient (Wildman–Crippen LogP) is 14.6. The molecule has 0 amide bonds. The Hall–Kier alpha value is -6.36. The quantitative estimate of drug-likeness (QED) is 0.155. The Balaban J connectivity index is 1.19. The van der Waals surface area contributed by atoms with Gasteiger partial charge in [0.25, 0.3) is 0 Å². The summed E-state index contributed by atoms with van der Waals surface area (Å²) in [4.78, 5) is 4.64. The molecule has 0 atom stereocenters. The number of hydrogen-bond acceptors (Lipinski definition) is 3. The number of furan rings is 1. The van der Waals surface area contributed by atoms with Gasteiger partial charge in [0.1, 0.15) is 11.2 Å². The van der Waals surface area contributed by atoms with Crippen LogP contribution in [0.3, 0.4) is 0 Å². The zero-order valence-electron chi connectivity index (χ0n) is 28.2. The van der Waals surface area contributed by atoms with Crippen molar-refractivity contribution in [2.24, 2.45) is 0 Å². The van der Waals surface area contributed by atoms with E-state index in [9.17, 15) is 0 Å². The second kappa shape index (κ2) is 13.7. The highest BCUT2D eigenvalue weighted by Crippen LogP contribution is 2.44. The van der Waals surface area contributed by atoms with Crippen LogP contribution in [0.5, 0.6) is 0 Å². The van der Waals surface area contributed by atoms with Crippen molar-refractivity contribution in [2.45, 2.75) is 0 Å². The zero-order chi connectivity index (χ0) is 34.9. The fraction of sp³-hybridized carbons (Fsp3) is 0. The summed E-state index contributed by atoms with van der Waals surface area (Å²) in [6, 6.07) is 70.5. The van der Waals surface area contributed by atoms with Gasteiger partial charge < -0.3 is 14.2 Å². The van der Waals surface area contributed by atoms with Gasteiger partial charge in [0.05, 0.1) is 0 Å². The van der Waals surface area contributed by atoms with E-state index in [-0.39, 0.29) is 0 Å². The van der Waals surface area contributed by atoms with Gasteiger partial charge in [-0.3, -0.25) is 0 Å². The third kappa shape index (κ3) is 6.14. The minimum atomic E-state index is 0.872. The number of anilines is 6. The standard InChI is InChI=1S/C48H33BrN2O/c49-38-30-43(32-44(31-38)51(39-16-8-3-9-17-39)42-28-29-48-46(33-42)45-18-10-11-19-47(45)52-48)50(40-24-20-36(21-25-40)34-12-4-1-5-13-34)41-26-22-37(23-27-41)35-14-6-2-7-15-35/h1-33H. The Labute approximate surface area is 311 Å². The van der Waals surface area contributed by atoms with Crippen LogP contribution >= 0.6 is 15.9 Å². The van der Waals surface area contributed by atoms with Crippen molar-refractivity contribution in [1.82, 2.24) is 0 Å². The van der Waals surface area contributed by atoms with Gasteiger partial charge in [-0.15, -0.1) is 0 Å². The summed E-state index contributed by atoms with van der Waals surface area (Å²) in [5, 5.41) is 2.19. The fourth-order valence-corrected chi connectivity index (χ4v) is 7.48. The van der Waals surface area contributed by atoms with Crippen molar-refractivity contribution in [3.8, 4) is 22.3 Å². The van der Waals surface area contributed by atoms with Gasteiger partial charge in [0.15, 0.2) is 0 Å². The minimum Gasteiger partial charge on any atom is -0.456 e. The topological polar surface area (TPSA) is 19.6 Å². The smallest absolute Gasteiger partial charge is 0.135 e. The second-order valence-electron chi connectivity index (χ2n) is 12.8. The first-order valence-electron chi connectivity index (χ1n) is 17.4. The van der Waals surface area contributed by atoms with Crippen molar-refractivity contribution in [1.29, 1.82) is 0 Å². The first-order chi connectivity index (χ1) is 25.7. The average molecular weight is 734 g/mol. The summed E-state index contributed by atoms with van der Waals surface area (Å²) in [6.07, 6.45) is 0. The monoisotopic (exact) mass is 732 g/mol. The fourth-order valence-electron chi connectivity index (χ4n) is 7.01. The van der Waals surface area contributed by atoms with Gasteiger partial charge in [-0.1, -0.05) is 137 Å². The van der Waals surface area contributed by atoms with Crippen LogP contribution in [-0.4, -0.2) is 0 Å². The van der Waals surface area contributed by atoms with Gasteiger partial charge in [0, 0.05) is 49.4 Å². The molecule has 4 heteroatoms. The Bertz CT molecular complexity index is 2540. The van der Waals surface area contributed by atoms with Crippen LogP contribution < -0.4 is 9.80 Å². The molecule has 9 rings (SSSR count). The van der Waals surface area contributed by atoms with Crippen molar-refractivity contribution in [3.63, 3.8) is 0 Å². The molecule has 3 nitrogen and oxygen atoms in total. The minimum absolute atomic E-state index is 0.872. The van der Waals surface area contributed by atoms with Gasteiger partial charge >= 0.3 is 0 Å². The van der Waals surface area contributed by atoms with Crippen LogP contribution in [0, 0.1) is 0 Å². The van der Waals surface area contributed by atoms with E-state index in [0.717, 1.165) is 60.5 Å². The number of benzene rings is 8. The van der Waals surface area contributed by atoms with Crippen LogP contribution in [0.2, 0.25) is 0 Å². The SMILES string of the molecule is Brc1cc(N(c2ccc(-c3ccccc3)cc2)c2ccc(-c3ccccc3)cc2)cc(N(c2ccccc2)c2ccc3oc4ccccc4c3c2)c1. The molecule has 0 unspecified atom stereocenters. The van der Waals surface area contributed by atoms with Crippen LogP contribution in [0.25, 0.3) is 44.2 Å². The van der Waals surface area contributed by atoms with Crippen LogP contribution in [0.4, 0.5) is 34.1 Å². The highest BCUT2D eigenvalue weighted by Gasteiger charge is 2.20. The van der Waals surface area contributed by atoms with Crippen molar-refractivity contribution in [2.75, 3.05) is 9.80 Å². The maximum atomic E-state index is 6.21. The molecule has 0 radical (unpaired) electrons. The molecule has 9 aromatic rings. The van der Waals surface area contributed by atoms with Crippen molar-refractivity contribution < 1.29 is 4.42 Å². The number of nitrogens with zero attached hydrogens (tertiary/aromatic N) is 2. The maximum absolute atomic E-state index is 6.21. The molecular weight excluding hydrogens is 700 g/mol. The second-order valence-corrected chi connectivity index (χ2v) is 13.7. The number of para-hydroxylation sites is 2. The molecule has 52 heavy (non-hydrogen) atoms. The summed E-state index contributed by atoms with van der Waals surface area (Å²) in [5.74, 6) is 0. The molecule has 0 bridgehead atoms. The lowest BCUT2D eigenvalue weighted by atomic mass is 10.0. The summed E-state index contributed by atoms with van der Waals surface area (Å²) < 4.78 is 7.18. The molecule has 0 N–H and O–H groups in total. The van der Waals surface area contributed by atoms with Gasteiger partial charge in [-0.05, 0) is 101 Å². The number of fused-ring (bicyclic) bond motifs is 3. The highest BCUT2D eigenvalue weighted by atomic mass is 79.9. The Morgan fingerprint density at radius 1 is 0.308 bits per heavy atom. The number of halogens is 1. The molecule has 0 aliphatic carbocycles. The maximum Gasteiger partial charge on any atom is 0.135 e. The van der Waals surface area contributed by atoms with E-state index in [1.54, 1.807) is 0 Å². The zero-order valence-corrected chi connectivity index (χ0v) is 29.8.